The summed E-state index contributed by atoms with van der Waals surface area (Å²) in [7, 11) is 0. The van der Waals surface area contributed by atoms with Crippen LogP contribution in [-0.4, -0.2) is 28.6 Å². The zero-order valence-corrected chi connectivity index (χ0v) is 13.0. The Bertz CT molecular complexity index is 406. The molecule has 0 amide bonds. The molecular weight excluding hydrogens is 367 g/mol. The topological polar surface area (TPSA) is 54.2 Å². The SMILES string of the molecule is C=CCNC(=NCc1nccn1C(F)F)NCC.I. The number of hydrogen-bond acceptors (Lipinski definition) is 2. The van der Waals surface area contributed by atoms with Gasteiger partial charge in [0.15, 0.2) is 5.96 Å². The summed E-state index contributed by atoms with van der Waals surface area (Å²) < 4.78 is 25.9. The fourth-order valence-corrected chi connectivity index (χ4v) is 1.30. The lowest BCUT2D eigenvalue weighted by Gasteiger charge is -2.09. The highest BCUT2D eigenvalue weighted by atomic mass is 127. The van der Waals surface area contributed by atoms with E-state index in [-0.39, 0.29) is 36.3 Å². The molecule has 0 saturated heterocycles. The number of nitrogens with zero attached hydrogens (tertiary/aromatic N) is 3. The summed E-state index contributed by atoms with van der Waals surface area (Å²) in [5.74, 6) is 0.766. The number of guanidine groups is 1. The largest absolute Gasteiger partial charge is 0.357 e. The van der Waals surface area contributed by atoms with E-state index in [2.05, 4.69) is 27.2 Å². The number of aromatic nitrogens is 2. The van der Waals surface area contributed by atoms with Gasteiger partial charge in [0, 0.05) is 25.5 Å². The molecule has 5 nitrogen and oxygen atoms in total. The van der Waals surface area contributed by atoms with Gasteiger partial charge in [-0.15, -0.1) is 30.6 Å². The Balaban J connectivity index is 0.00000324. The lowest BCUT2D eigenvalue weighted by molar-refractivity contribution is 0.0671. The molecule has 0 aliphatic rings. The van der Waals surface area contributed by atoms with Gasteiger partial charge in [0.05, 0.1) is 0 Å². The Morgan fingerprint density at radius 3 is 2.89 bits per heavy atom. The van der Waals surface area contributed by atoms with Crippen LogP contribution in [0, 0.1) is 0 Å². The Morgan fingerprint density at radius 1 is 1.58 bits per heavy atom. The van der Waals surface area contributed by atoms with Gasteiger partial charge in [0.1, 0.15) is 12.4 Å². The zero-order valence-electron chi connectivity index (χ0n) is 10.6. The van der Waals surface area contributed by atoms with Crippen LogP contribution in [0.3, 0.4) is 0 Å². The van der Waals surface area contributed by atoms with E-state index in [1.165, 1.54) is 12.4 Å². The third-order valence-electron chi connectivity index (χ3n) is 2.10. The van der Waals surface area contributed by atoms with E-state index in [1.54, 1.807) is 6.08 Å². The maximum absolute atomic E-state index is 12.6. The lowest BCUT2D eigenvalue weighted by atomic mass is 10.5. The summed E-state index contributed by atoms with van der Waals surface area (Å²) in [4.78, 5) is 8.02. The van der Waals surface area contributed by atoms with Gasteiger partial charge < -0.3 is 10.6 Å². The van der Waals surface area contributed by atoms with Crippen LogP contribution in [-0.2, 0) is 6.54 Å². The summed E-state index contributed by atoms with van der Waals surface area (Å²) in [5.41, 5.74) is 0. The fraction of sp³-hybridized carbons (Fsp3) is 0.455. The van der Waals surface area contributed by atoms with Crippen molar-refractivity contribution in [2.24, 2.45) is 4.99 Å². The summed E-state index contributed by atoms with van der Waals surface area (Å²) in [6.45, 7) is 4.23. The number of imidazole rings is 1. The molecule has 0 aromatic carbocycles. The van der Waals surface area contributed by atoms with Crippen molar-refractivity contribution in [3.05, 3.63) is 30.9 Å². The molecule has 0 aliphatic heterocycles. The first-order valence-electron chi connectivity index (χ1n) is 5.62. The third-order valence-corrected chi connectivity index (χ3v) is 2.10. The molecule has 108 valence electrons. The lowest BCUT2D eigenvalue weighted by Crippen LogP contribution is -2.37. The van der Waals surface area contributed by atoms with E-state index in [4.69, 9.17) is 0 Å². The van der Waals surface area contributed by atoms with Gasteiger partial charge in [0.25, 0.3) is 0 Å². The molecule has 0 unspecified atom stereocenters. The molecular formula is C11H18F2IN5. The zero-order chi connectivity index (χ0) is 13.4. The van der Waals surface area contributed by atoms with Crippen LogP contribution in [0.15, 0.2) is 30.0 Å². The first-order chi connectivity index (χ1) is 8.69. The number of nitrogens with one attached hydrogen (secondary N) is 2. The first-order valence-corrected chi connectivity index (χ1v) is 5.62. The van der Waals surface area contributed by atoms with Crippen LogP contribution in [0.1, 0.15) is 19.3 Å². The van der Waals surface area contributed by atoms with Crippen molar-refractivity contribution in [1.82, 2.24) is 20.2 Å². The Kier molecular flexibility index (Phi) is 9.09. The summed E-state index contributed by atoms with van der Waals surface area (Å²) in [6.07, 6.45) is 4.26. The van der Waals surface area contributed by atoms with Gasteiger partial charge >= 0.3 is 6.55 Å². The number of halogens is 3. The summed E-state index contributed by atoms with van der Waals surface area (Å²) >= 11 is 0. The van der Waals surface area contributed by atoms with Crippen LogP contribution in [0.5, 0.6) is 0 Å². The normalized spacial score (nSPS) is 11.1. The maximum atomic E-state index is 12.6. The molecule has 0 bridgehead atoms. The second kappa shape index (κ2) is 9.70. The minimum atomic E-state index is -2.60. The Labute approximate surface area is 128 Å². The molecule has 1 heterocycles. The van der Waals surface area contributed by atoms with Crippen molar-refractivity contribution in [2.45, 2.75) is 20.0 Å². The third kappa shape index (κ3) is 5.99. The molecule has 0 radical (unpaired) electrons. The summed E-state index contributed by atoms with van der Waals surface area (Å²) in [5, 5.41) is 5.97. The van der Waals surface area contributed by atoms with Crippen LogP contribution in [0.2, 0.25) is 0 Å². The van der Waals surface area contributed by atoms with Crippen molar-refractivity contribution in [1.29, 1.82) is 0 Å². The van der Waals surface area contributed by atoms with Crippen LogP contribution in [0.25, 0.3) is 0 Å². The van der Waals surface area contributed by atoms with Crippen molar-refractivity contribution in [3.63, 3.8) is 0 Å². The standard InChI is InChI=1S/C11H17F2N5.HI/c1-3-5-16-11(14-4-2)17-8-9-15-6-7-18(9)10(12)13;/h3,6-7,10H,1,4-5,8H2,2H3,(H2,14,16,17);1H. The molecule has 1 rings (SSSR count). The van der Waals surface area contributed by atoms with E-state index in [0.29, 0.717) is 19.0 Å². The van der Waals surface area contributed by atoms with Gasteiger partial charge in [-0.1, -0.05) is 6.08 Å². The number of aliphatic imine (C=N–C) groups is 1. The first kappa shape index (κ1) is 17.8. The second-order valence-electron chi connectivity index (χ2n) is 3.39. The van der Waals surface area contributed by atoms with Gasteiger partial charge in [0.2, 0.25) is 0 Å². The molecule has 0 fully saturated rings. The minimum absolute atomic E-state index is 0. The summed E-state index contributed by atoms with van der Waals surface area (Å²) in [6, 6.07) is 0. The van der Waals surface area contributed by atoms with E-state index in [9.17, 15) is 8.78 Å². The van der Waals surface area contributed by atoms with Crippen LogP contribution in [0.4, 0.5) is 8.78 Å². The second-order valence-corrected chi connectivity index (χ2v) is 3.39. The van der Waals surface area contributed by atoms with Crippen molar-refractivity contribution >= 4 is 29.9 Å². The van der Waals surface area contributed by atoms with Gasteiger partial charge in [-0.25, -0.2) is 9.98 Å². The molecule has 8 heteroatoms. The van der Waals surface area contributed by atoms with E-state index < -0.39 is 6.55 Å². The van der Waals surface area contributed by atoms with Gasteiger partial charge in [-0.05, 0) is 6.92 Å². The van der Waals surface area contributed by atoms with Gasteiger partial charge in [-0.2, -0.15) is 8.78 Å². The molecule has 1 aromatic heterocycles. The van der Waals surface area contributed by atoms with Crippen LogP contribution >= 0.6 is 24.0 Å². The Hall–Kier alpha value is -1.19. The highest BCUT2D eigenvalue weighted by Crippen LogP contribution is 2.12. The molecule has 19 heavy (non-hydrogen) atoms. The van der Waals surface area contributed by atoms with Crippen molar-refractivity contribution in [3.8, 4) is 0 Å². The molecule has 0 saturated carbocycles. The van der Waals surface area contributed by atoms with Crippen LogP contribution < -0.4 is 10.6 Å². The molecule has 0 spiro atoms. The smallest absolute Gasteiger partial charge is 0.319 e. The minimum Gasteiger partial charge on any atom is -0.357 e. The molecule has 1 aromatic rings. The molecule has 0 atom stereocenters. The van der Waals surface area contributed by atoms with Crippen molar-refractivity contribution < 1.29 is 8.78 Å². The quantitative estimate of drug-likeness (QED) is 0.342. The predicted molar refractivity (Wildman–Crippen MR) is 81.9 cm³/mol. The molecule has 2 N–H and O–H groups in total. The monoisotopic (exact) mass is 385 g/mol. The number of hydrogen-bond donors (Lipinski definition) is 2. The molecule has 0 aliphatic carbocycles. The number of alkyl halides is 2. The highest BCUT2D eigenvalue weighted by molar-refractivity contribution is 14.0. The van der Waals surface area contributed by atoms with E-state index in [0.717, 1.165) is 4.57 Å². The number of rotatable bonds is 6. The average Bonchev–Trinajstić information content (AvgIpc) is 2.81. The van der Waals surface area contributed by atoms with Crippen molar-refractivity contribution in [2.75, 3.05) is 13.1 Å². The fourth-order valence-electron chi connectivity index (χ4n) is 1.30. The van der Waals surface area contributed by atoms with Gasteiger partial charge in [-0.3, -0.25) is 4.57 Å². The van der Waals surface area contributed by atoms with E-state index >= 15 is 0 Å². The highest BCUT2D eigenvalue weighted by Gasteiger charge is 2.10. The van der Waals surface area contributed by atoms with E-state index in [1.807, 2.05) is 6.92 Å². The average molecular weight is 385 g/mol. The maximum Gasteiger partial charge on any atom is 0.319 e. The Morgan fingerprint density at radius 2 is 2.32 bits per heavy atom. The predicted octanol–water partition coefficient (Wildman–Crippen LogP) is 2.14.